The van der Waals surface area contributed by atoms with Crippen molar-refractivity contribution in [2.45, 2.75) is 25.1 Å². The summed E-state index contributed by atoms with van der Waals surface area (Å²) in [7, 11) is 3.99. The third-order valence-electron chi connectivity index (χ3n) is 5.26. The van der Waals surface area contributed by atoms with Crippen molar-refractivity contribution in [2.75, 3.05) is 25.5 Å². The molecule has 0 aliphatic carbocycles. The SMILES string of the molecule is CN(C)c1ccc(CN2C[C@H](O)C[C@H]2c2nc(-c3cccc([N+](=O)[O-])c3)no2)cc1. The smallest absolute Gasteiger partial charge is 0.270 e. The van der Waals surface area contributed by atoms with Crippen molar-refractivity contribution < 1.29 is 14.6 Å². The Kier molecular flexibility index (Phi) is 5.47. The van der Waals surface area contributed by atoms with Crippen molar-refractivity contribution in [2.24, 2.45) is 0 Å². The van der Waals surface area contributed by atoms with E-state index in [0.717, 1.165) is 11.3 Å². The van der Waals surface area contributed by atoms with Crippen LogP contribution in [0.15, 0.2) is 53.1 Å². The molecule has 1 aromatic heterocycles. The molecule has 2 heterocycles. The zero-order valence-corrected chi connectivity index (χ0v) is 16.8. The second kappa shape index (κ2) is 8.21. The van der Waals surface area contributed by atoms with E-state index in [1.165, 1.54) is 12.1 Å². The highest BCUT2D eigenvalue weighted by Crippen LogP contribution is 2.34. The number of β-amino-alcohol motifs (C(OH)–C–C–N with tert-alkyl or cyclic N) is 1. The summed E-state index contributed by atoms with van der Waals surface area (Å²) in [5.41, 5.74) is 2.73. The summed E-state index contributed by atoms with van der Waals surface area (Å²) in [6.07, 6.45) is 0.0102. The predicted molar refractivity (Wildman–Crippen MR) is 111 cm³/mol. The summed E-state index contributed by atoms with van der Waals surface area (Å²) in [6, 6.07) is 14.2. The summed E-state index contributed by atoms with van der Waals surface area (Å²) in [6.45, 7) is 1.15. The number of likely N-dealkylation sites (tertiary alicyclic amines) is 1. The molecule has 9 nitrogen and oxygen atoms in total. The molecule has 0 amide bonds. The van der Waals surface area contributed by atoms with E-state index in [2.05, 4.69) is 39.3 Å². The lowest BCUT2D eigenvalue weighted by Gasteiger charge is -2.21. The summed E-state index contributed by atoms with van der Waals surface area (Å²) < 4.78 is 5.48. The number of anilines is 1. The number of nitro groups is 1. The van der Waals surface area contributed by atoms with Gasteiger partial charge in [-0.2, -0.15) is 4.98 Å². The molecule has 1 saturated heterocycles. The van der Waals surface area contributed by atoms with E-state index < -0.39 is 11.0 Å². The number of rotatable bonds is 6. The molecule has 1 N–H and O–H groups in total. The molecule has 156 valence electrons. The van der Waals surface area contributed by atoms with Crippen molar-refractivity contribution in [1.82, 2.24) is 15.0 Å². The first-order chi connectivity index (χ1) is 14.4. The molecule has 3 aromatic rings. The van der Waals surface area contributed by atoms with Gasteiger partial charge in [0.15, 0.2) is 0 Å². The standard InChI is InChI=1S/C21H23N5O4/c1-24(2)16-8-6-14(7-9-16)12-25-13-18(27)11-19(25)21-22-20(23-30-21)15-4-3-5-17(10-15)26(28)29/h3-10,18-19,27H,11-13H2,1-2H3/t18-,19+/m1/s1. The minimum absolute atomic E-state index is 0.0297. The van der Waals surface area contributed by atoms with Gasteiger partial charge in [-0.05, 0) is 24.1 Å². The number of nitrogens with zero attached hydrogens (tertiary/aromatic N) is 5. The molecule has 2 atom stereocenters. The van der Waals surface area contributed by atoms with Crippen molar-refractivity contribution in [3.63, 3.8) is 0 Å². The zero-order chi connectivity index (χ0) is 21.3. The Bertz CT molecular complexity index is 1030. The Morgan fingerprint density at radius 2 is 2.03 bits per heavy atom. The van der Waals surface area contributed by atoms with E-state index in [1.807, 2.05) is 19.0 Å². The Labute approximate surface area is 173 Å². The number of hydrogen-bond donors (Lipinski definition) is 1. The van der Waals surface area contributed by atoms with E-state index in [9.17, 15) is 15.2 Å². The van der Waals surface area contributed by atoms with Crippen molar-refractivity contribution in [1.29, 1.82) is 0 Å². The topological polar surface area (TPSA) is 109 Å². The number of aliphatic hydroxyl groups is 1. The van der Waals surface area contributed by atoms with E-state index in [1.54, 1.807) is 12.1 Å². The molecule has 0 saturated carbocycles. The highest BCUT2D eigenvalue weighted by molar-refractivity contribution is 5.58. The van der Waals surface area contributed by atoms with Gasteiger partial charge in [-0.1, -0.05) is 29.4 Å². The van der Waals surface area contributed by atoms with Gasteiger partial charge in [0.25, 0.3) is 5.69 Å². The quantitative estimate of drug-likeness (QED) is 0.489. The highest BCUT2D eigenvalue weighted by atomic mass is 16.6. The minimum Gasteiger partial charge on any atom is -0.392 e. The third kappa shape index (κ3) is 4.17. The van der Waals surface area contributed by atoms with Gasteiger partial charge in [0, 0.05) is 50.6 Å². The van der Waals surface area contributed by atoms with Gasteiger partial charge < -0.3 is 14.5 Å². The van der Waals surface area contributed by atoms with Crippen LogP contribution in [0.5, 0.6) is 0 Å². The van der Waals surface area contributed by atoms with Crippen LogP contribution >= 0.6 is 0 Å². The third-order valence-corrected chi connectivity index (χ3v) is 5.26. The van der Waals surface area contributed by atoms with Crippen molar-refractivity contribution in [3.05, 3.63) is 70.1 Å². The van der Waals surface area contributed by atoms with Crippen LogP contribution in [0.25, 0.3) is 11.4 Å². The lowest BCUT2D eigenvalue weighted by Crippen LogP contribution is -2.24. The van der Waals surface area contributed by atoms with Gasteiger partial charge in [0.05, 0.1) is 17.1 Å². The van der Waals surface area contributed by atoms with Gasteiger partial charge >= 0.3 is 0 Å². The number of hydrogen-bond acceptors (Lipinski definition) is 8. The summed E-state index contributed by atoms with van der Waals surface area (Å²) >= 11 is 0. The molecule has 0 spiro atoms. The molecule has 9 heteroatoms. The van der Waals surface area contributed by atoms with Crippen LogP contribution in [-0.4, -0.2) is 51.8 Å². The van der Waals surface area contributed by atoms with Gasteiger partial charge in [0.1, 0.15) is 0 Å². The zero-order valence-electron chi connectivity index (χ0n) is 16.8. The molecule has 1 fully saturated rings. The first-order valence-corrected chi connectivity index (χ1v) is 9.67. The molecule has 0 radical (unpaired) electrons. The van der Waals surface area contributed by atoms with Gasteiger partial charge in [-0.3, -0.25) is 15.0 Å². The molecule has 1 aliphatic rings. The Morgan fingerprint density at radius 1 is 1.27 bits per heavy atom. The fourth-order valence-corrected chi connectivity index (χ4v) is 3.69. The average molecular weight is 409 g/mol. The second-order valence-electron chi connectivity index (χ2n) is 7.66. The van der Waals surface area contributed by atoms with Gasteiger partial charge in [0.2, 0.25) is 11.7 Å². The Balaban J connectivity index is 1.54. The number of aromatic nitrogens is 2. The van der Waals surface area contributed by atoms with E-state index >= 15 is 0 Å². The van der Waals surface area contributed by atoms with Gasteiger partial charge in [-0.15, -0.1) is 0 Å². The molecular formula is C21H23N5O4. The maximum atomic E-state index is 11.0. The number of aliphatic hydroxyl groups excluding tert-OH is 1. The number of benzene rings is 2. The van der Waals surface area contributed by atoms with Crippen molar-refractivity contribution in [3.8, 4) is 11.4 Å². The molecule has 0 unspecified atom stereocenters. The van der Waals surface area contributed by atoms with Crippen LogP contribution < -0.4 is 4.90 Å². The molecule has 4 rings (SSSR count). The summed E-state index contributed by atoms with van der Waals surface area (Å²) in [5.74, 6) is 0.698. The van der Waals surface area contributed by atoms with Crippen LogP contribution in [0.1, 0.15) is 23.9 Å². The number of non-ortho nitro benzene ring substituents is 1. The second-order valence-corrected chi connectivity index (χ2v) is 7.66. The van der Waals surface area contributed by atoms with E-state index in [-0.39, 0.29) is 11.7 Å². The first-order valence-electron chi connectivity index (χ1n) is 9.67. The van der Waals surface area contributed by atoms with Crippen LogP contribution in [-0.2, 0) is 6.54 Å². The molecule has 30 heavy (non-hydrogen) atoms. The normalized spacial score (nSPS) is 19.2. The summed E-state index contributed by atoms with van der Waals surface area (Å²) in [4.78, 5) is 19.2. The first kappa shape index (κ1) is 20.0. The summed E-state index contributed by atoms with van der Waals surface area (Å²) in [5, 5.41) is 25.3. The van der Waals surface area contributed by atoms with Crippen molar-refractivity contribution >= 4 is 11.4 Å². The largest absolute Gasteiger partial charge is 0.392 e. The molecule has 2 aromatic carbocycles. The monoisotopic (exact) mass is 409 g/mol. The average Bonchev–Trinajstić information content (AvgIpc) is 3.35. The number of nitro benzene ring substituents is 1. The molecular weight excluding hydrogens is 386 g/mol. The van der Waals surface area contributed by atoms with Gasteiger partial charge in [-0.25, -0.2) is 0 Å². The fourth-order valence-electron chi connectivity index (χ4n) is 3.69. The minimum atomic E-state index is -0.482. The Hall–Kier alpha value is -3.30. The maximum Gasteiger partial charge on any atom is 0.270 e. The van der Waals surface area contributed by atoms with E-state index in [4.69, 9.17) is 4.52 Å². The van der Waals surface area contributed by atoms with Crippen LogP contribution in [0.2, 0.25) is 0 Å². The van der Waals surface area contributed by atoms with E-state index in [0.29, 0.717) is 36.8 Å². The molecule has 0 bridgehead atoms. The lowest BCUT2D eigenvalue weighted by atomic mass is 10.1. The predicted octanol–water partition coefficient (Wildman–Crippen LogP) is 3.02. The molecule has 1 aliphatic heterocycles. The lowest BCUT2D eigenvalue weighted by molar-refractivity contribution is -0.384. The van der Waals surface area contributed by atoms with Crippen LogP contribution in [0.3, 0.4) is 0 Å². The fraction of sp³-hybridized carbons (Fsp3) is 0.333. The highest BCUT2D eigenvalue weighted by Gasteiger charge is 2.36. The van der Waals surface area contributed by atoms with Crippen LogP contribution in [0.4, 0.5) is 11.4 Å². The van der Waals surface area contributed by atoms with Crippen LogP contribution in [0, 0.1) is 10.1 Å². The Morgan fingerprint density at radius 3 is 2.73 bits per heavy atom. The maximum absolute atomic E-state index is 11.0.